The Bertz CT molecular complexity index is 390. The average Bonchev–Trinajstić information content (AvgIpc) is 2.88. The molecule has 3 atom stereocenters. The number of hydrogen-bond donors (Lipinski definition) is 0. The number of fused-ring (bicyclic) bond motifs is 2. The van der Waals surface area contributed by atoms with Crippen LogP contribution in [0.3, 0.4) is 0 Å². The van der Waals surface area contributed by atoms with Gasteiger partial charge >= 0.3 is 0 Å². The Balaban J connectivity index is 1.97. The summed E-state index contributed by atoms with van der Waals surface area (Å²) in [5.41, 5.74) is 1.81. The van der Waals surface area contributed by atoms with Crippen LogP contribution in [0.15, 0.2) is 30.3 Å². The smallest absolute Gasteiger partial charge is 0.0384 e. The summed E-state index contributed by atoms with van der Waals surface area (Å²) in [5.74, 6) is 0.890. The minimum absolute atomic E-state index is 0.292. The van der Waals surface area contributed by atoms with E-state index in [4.69, 9.17) is 0 Å². The summed E-state index contributed by atoms with van der Waals surface area (Å²) in [6.45, 7) is 7.09. The van der Waals surface area contributed by atoms with Crippen molar-refractivity contribution in [2.45, 2.75) is 57.7 Å². The lowest BCUT2D eigenvalue weighted by Gasteiger charge is -2.44. The number of benzene rings is 1. The summed E-state index contributed by atoms with van der Waals surface area (Å²) >= 11 is 0. The monoisotopic (exact) mass is 229 g/mol. The van der Waals surface area contributed by atoms with Crippen LogP contribution in [0.25, 0.3) is 0 Å². The van der Waals surface area contributed by atoms with Crippen LogP contribution in [0, 0.1) is 5.92 Å². The second kappa shape index (κ2) is 3.84. The normalized spacial score (nSPS) is 33.2. The van der Waals surface area contributed by atoms with Crippen molar-refractivity contribution in [2.75, 3.05) is 0 Å². The predicted octanol–water partition coefficient (Wildman–Crippen LogP) is 4.01. The van der Waals surface area contributed by atoms with Crippen LogP contribution < -0.4 is 0 Å². The molecule has 1 aromatic carbocycles. The van der Waals surface area contributed by atoms with E-state index in [1.54, 1.807) is 0 Å². The standard InChI is InChI=1S/C16H23N/c1-16(2,3)17-14-10-9-13(11-14)15(17)12-7-5-4-6-8-12/h4-8,13-15H,9-11H2,1-3H3. The van der Waals surface area contributed by atoms with Crippen molar-refractivity contribution in [3.8, 4) is 0 Å². The van der Waals surface area contributed by atoms with Gasteiger partial charge in [-0.05, 0) is 51.5 Å². The molecule has 0 aromatic heterocycles. The molecule has 0 amide bonds. The number of rotatable bonds is 1. The Hall–Kier alpha value is -0.820. The fourth-order valence-electron chi connectivity index (χ4n) is 4.03. The quantitative estimate of drug-likeness (QED) is 0.703. The number of nitrogens with zero attached hydrogens (tertiary/aromatic N) is 1. The second-order valence-corrected chi connectivity index (χ2v) is 6.66. The highest BCUT2D eigenvalue weighted by Gasteiger charge is 2.49. The molecule has 1 saturated heterocycles. The Morgan fingerprint density at radius 1 is 1.06 bits per heavy atom. The lowest BCUT2D eigenvalue weighted by Crippen LogP contribution is -2.47. The summed E-state index contributed by atoms with van der Waals surface area (Å²) in [5, 5.41) is 0. The van der Waals surface area contributed by atoms with E-state index >= 15 is 0 Å². The zero-order valence-corrected chi connectivity index (χ0v) is 11.2. The molecular weight excluding hydrogens is 206 g/mol. The van der Waals surface area contributed by atoms with E-state index in [-0.39, 0.29) is 0 Å². The third-order valence-corrected chi connectivity index (χ3v) is 4.50. The van der Waals surface area contributed by atoms with E-state index in [0.29, 0.717) is 11.6 Å². The van der Waals surface area contributed by atoms with Gasteiger partial charge in [-0.2, -0.15) is 0 Å². The van der Waals surface area contributed by atoms with Gasteiger partial charge in [0.05, 0.1) is 0 Å². The van der Waals surface area contributed by atoms with E-state index in [1.807, 2.05) is 0 Å². The molecule has 17 heavy (non-hydrogen) atoms. The molecule has 2 bridgehead atoms. The van der Waals surface area contributed by atoms with Gasteiger partial charge in [-0.25, -0.2) is 0 Å². The van der Waals surface area contributed by atoms with E-state index < -0.39 is 0 Å². The Morgan fingerprint density at radius 3 is 2.41 bits per heavy atom. The van der Waals surface area contributed by atoms with Gasteiger partial charge in [-0.15, -0.1) is 0 Å². The van der Waals surface area contributed by atoms with Gasteiger partial charge in [0.2, 0.25) is 0 Å². The summed E-state index contributed by atoms with van der Waals surface area (Å²) in [6.07, 6.45) is 4.25. The van der Waals surface area contributed by atoms with Crippen molar-refractivity contribution >= 4 is 0 Å². The SMILES string of the molecule is CC(C)(C)N1C2CCC(C2)C1c1ccccc1. The molecule has 1 aromatic rings. The van der Waals surface area contributed by atoms with Gasteiger partial charge in [-0.3, -0.25) is 4.90 Å². The zero-order valence-electron chi connectivity index (χ0n) is 11.2. The van der Waals surface area contributed by atoms with Crippen LogP contribution >= 0.6 is 0 Å². The zero-order chi connectivity index (χ0) is 12.0. The lowest BCUT2D eigenvalue weighted by atomic mass is 9.89. The minimum Gasteiger partial charge on any atom is -0.288 e. The van der Waals surface area contributed by atoms with Crippen LogP contribution in [0.2, 0.25) is 0 Å². The van der Waals surface area contributed by atoms with Crippen LogP contribution in [0.5, 0.6) is 0 Å². The first-order valence-corrected chi connectivity index (χ1v) is 6.91. The van der Waals surface area contributed by atoms with Gasteiger partial charge in [0.1, 0.15) is 0 Å². The average molecular weight is 229 g/mol. The Kier molecular flexibility index (Phi) is 2.55. The summed E-state index contributed by atoms with van der Waals surface area (Å²) in [6, 6.07) is 12.6. The third-order valence-electron chi connectivity index (χ3n) is 4.50. The van der Waals surface area contributed by atoms with Crippen LogP contribution in [-0.2, 0) is 0 Å². The van der Waals surface area contributed by atoms with Gasteiger partial charge in [-0.1, -0.05) is 30.3 Å². The maximum atomic E-state index is 2.77. The van der Waals surface area contributed by atoms with Crippen molar-refractivity contribution < 1.29 is 0 Å². The first-order valence-electron chi connectivity index (χ1n) is 6.91. The van der Waals surface area contributed by atoms with Crippen molar-refractivity contribution in [1.29, 1.82) is 0 Å². The minimum atomic E-state index is 0.292. The van der Waals surface area contributed by atoms with E-state index in [2.05, 4.69) is 56.0 Å². The maximum Gasteiger partial charge on any atom is 0.0384 e. The van der Waals surface area contributed by atoms with E-state index in [0.717, 1.165) is 12.0 Å². The third kappa shape index (κ3) is 1.81. The van der Waals surface area contributed by atoms with Gasteiger partial charge in [0.15, 0.2) is 0 Å². The number of likely N-dealkylation sites (tertiary alicyclic amines) is 1. The second-order valence-electron chi connectivity index (χ2n) is 6.66. The molecule has 1 saturated carbocycles. The summed E-state index contributed by atoms with van der Waals surface area (Å²) < 4.78 is 0. The largest absolute Gasteiger partial charge is 0.288 e. The molecule has 0 spiro atoms. The Labute approximate surface area is 105 Å². The molecule has 1 heterocycles. The highest BCUT2D eigenvalue weighted by Crippen LogP contribution is 2.52. The van der Waals surface area contributed by atoms with Crippen molar-refractivity contribution in [2.24, 2.45) is 5.92 Å². The molecule has 0 N–H and O–H groups in total. The highest BCUT2D eigenvalue weighted by molar-refractivity contribution is 5.24. The molecule has 3 unspecified atom stereocenters. The summed E-state index contributed by atoms with van der Waals surface area (Å²) in [7, 11) is 0. The highest BCUT2D eigenvalue weighted by atomic mass is 15.3. The molecule has 1 nitrogen and oxygen atoms in total. The molecular formula is C16H23N. The lowest BCUT2D eigenvalue weighted by molar-refractivity contribution is 0.0422. The topological polar surface area (TPSA) is 3.24 Å². The first kappa shape index (κ1) is 11.3. The van der Waals surface area contributed by atoms with Gasteiger partial charge in [0.25, 0.3) is 0 Å². The van der Waals surface area contributed by atoms with E-state index in [1.165, 1.54) is 24.8 Å². The van der Waals surface area contributed by atoms with Crippen LogP contribution in [-0.4, -0.2) is 16.5 Å². The molecule has 1 heteroatoms. The number of piperidine rings is 1. The molecule has 92 valence electrons. The summed E-state index contributed by atoms with van der Waals surface area (Å²) in [4.78, 5) is 2.77. The maximum absolute atomic E-state index is 2.77. The molecule has 2 fully saturated rings. The van der Waals surface area contributed by atoms with Crippen molar-refractivity contribution in [1.82, 2.24) is 4.90 Å². The fourth-order valence-corrected chi connectivity index (χ4v) is 4.03. The van der Waals surface area contributed by atoms with Gasteiger partial charge in [0, 0.05) is 17.6 Å². The van der Waals surface area contributed by atoms with Crippen LogP contribution in [0.4, 0.5) is 0 Å². The molecule has 1 aliphatic carbocycles. The van der Waals surface area contributed by atoms with Gasteiger partial charge < -0.3 is 0 Å². The van der Waals surface area contributed by atoms with E-state index in [9.17, 15) is 0 Å². The first-order chi connectivity index (χ1) is 8.07. The van der Waals surface area contributed by atoms with Crippen LogP contribution in [0.1, 0.15) is 51.6 Å². The molecule has 1 aliphatic heterocycles. The number of hydrogen-bond acceptors (Lipinski definition) is 1. The van der Waals surface area contributed by atoms with Crippen molar-refractivity contribution in [3.63, 3.8) is 0 Å². The Morgan fingerprint density at radius 2 is 1.76 bits per heavy atom. The van der Waals surface area contributed by atoms with Crippen molar-refractivity contribution in [3.05, 3.63) is 35.9 Å². The molecule has 0 radical (unpaired) electrons. The molecule has 2 aliphatic rings. The fraction of sp³-hybridized carbons (Fsp3) is 0.625. The molecule has 3 rings (SSSR count). The predicted molar refractivity (Wildman–Crippen MR) is 71.9 cm³/mol.